The number of carbonyl (C=O) groups is 1. The Kier molecular flexibility index (Phi) is 4.05. The van der Waals surface area contributed by atoms with Crippen LogP contribution < -0.4 is 10.1 Å². The highest BCUT2D eigenvalue weighted by Gasteiger charge is 2.10. The Balaban J connectivity index is 1.79. The number of methoxy groups -OCH3 is 1. The number of benzene rings is 2. The lowest BCUT2D eigenvalue weighted by Gasteiger charge is -2.07. The lowest BCUT2D eigenvalue weighted by Crippen LogP contribution is -2.11. The zero-order chi connectivity index (χ0) is 16.2. The van der Waals surface area contributed by atoms with E-state index in [4.69, 9.17) is 9.26 Å². The van der Waals surface area contributed by atoms with E-state index in [1.807, 2.05) is 6.07 Å². The minimum absolute atomic E-state index is 0.211. The van der Waals surface area contributed by atoms with Crippen LogP contribution in [0, 0.1) is 6.92 Å². The van der Waals surface area contributed by atoms with Crippen molar-refractivity contribution in [1.29, 1.82) is 0 Å². The van der Waals surface area contributed by atoms with Crippen molar-refractivity contribution < 1.29 is 14.1 Å². The van der Waals surface area contributed by atoms with Crippen LogP contribution in [0.25, 0.3) is 11.4 Å². The number of aromatic nitrogens is 2. The number of amides is 1. The lowest BCUT2D eigenvalue weighted by atomic mass is 10.1. The van der Waals surface area contributed by atoms with Gasteiger partial charge in [0.25, 0.3) is 5.91 Å². The maximum Gasteiger partial charge on any atom is 0.255 e. The number of ether oxygens (including phenoxy) is 1. The van der Waals surface area contributed by atoms with Gasteiger partial charge in [0, 0.05) is 23.7 Å². The molecule has 0 spiro atoms. The molecule has 1 N–H and O–H groups in total. The van der Waals surface area contributed by atoms with Crippen molar-refractivity contribution in [3.8, 4) is 17.1 Å². The maximum atomic E-state index is 12.4. The van der Waals surface area contributed by atoms with Crippen molar-refractivity contribution >= 4 is 11.6 Å². The lowest BCUT2D eigenvalue weighted by molar-refractivity contribution is 0.102. The first-order valence-corrected chi connectivity index (χ1v) is 7.02. The second kappa shape index (κ2) is 6.31. The van der Waals surface area contributed by atoms with Crippen LogP contribution in [0.3, 0.4) is 0 Å². The van der Waals surface area contributed by atoms with E-state index >= 15 is 0 Å². The van der Waals surface area contributed by atoms with E-state index in [1.165, 1.54) is 0 Å². The Bertz CT molecular complexity index is 825. The minimum Gasteiger partial charge on any atom is -0.497 e. The third-order valence-electron chi connectivity index (χ3n) is 3.26. The number of carbonyl (C=O) groups excluding carboxylic acids is 1. The first kappa shape index (κ1) is 14.8. The average Bonchev–Trinajstić information content (AvgIpc) is 3.02. The number of nitrogens with zero attached hydrogens (tertiary/aromatic N) is 2. The Morgan fingerprint density at radius 3 is 2.61 bits per heavy atom. The molecule has 0 bridgehead atoms. The van der Waals surface area contributed by atoms with Crippen molar-refractivity contribution in [3.63, 3.8) is 0 Å². The molecule has 0 unspecified atom stereocenters. The minimum atomic E-state index is -0.211. The highest BCUT2D eigenvalue weighted by molar-refractivity contribution is 6.04. The summed E-state index contributed by atoms with van der Waals surface area (Å²) >= 11 is 0. The topological polar surface area (TPSA) is 77.2 Å². The first-order valence-electron chi connectivity index (χ1n) is 7.02. The Labute approximate surface area is 133 Å². The van der Waals surface area contributed by atoms with Gasteiger partial charge in [-0.25, -0.2) is 0 Å². The van der Waals surface area contributed by atoms with Crippen molar-refractivity contribution in [2.45, 2.75) is 6.92 Å². The molecule has 1 amide bonds. The number of hydrogen-bond donors (Lipinski definition) is 1. The molecule has 23 heavy (non-hydrogen) atoms. The van der Waals surface area contributed by atoms with Gasteiger partial charge in [-0.15, -0.1) is 0 Å². The fourth-order valence-electron chi connectivity index (χ4n) is 2.09. The number of aryl methyl sites for hydroxylation is 1. The Morgan fingerprint density at radius 1 is 1.17 bits per heavy atom. The third kappa shape index (κ3) is 3.37. The summed E-state index contributed by atoms with van der Waals surface area (Å²) < 4.78 is 10.1. The van der Waals surface area contributed by atoms with Crippen LogP contribution in [0.2, 0.25) is 0 Å². The second-order valence-electron chi connectivity index (χ2n) is 4.90. The third-order valence-corrected chi connectivity index (χ3v) is 3.26. The molecule has 0 aliphatic carbocycles. The summed E-state index contributed by atoms with van der Waals surface area (Å²) in [6, 6.07) is 14.2. The molecular weight excluding hydrogens is 294 g/mol. The summed E-state index contributed by atoms with van der Waals surface area (Å²) in [7, 11) is 1.60. The van der Waals surface area contributed by atoms with E-state index in [0.29, 0.717) is 23.0 Å². The molecule has 0 aliphatic heterocycles. The van der Waals surface area contributed by atoms with Crippen LogP contribution in [-0.4, -0.2) is 23.2 Å². The fourth-order valence-corrected chi connectivity index (χ4v) is 2.09. The molecule has 0 fully saturated rings. The highest BCUT2D eigenvalue weighted by Crippen LogP contribution is 2.19. The molecule has 3 rings (SSSR count). The van der Waals surface area contributed by atoms with Gasteiger partial charge in [-0.2, -0.15) is 4.98 Å². The summed E-state index contributed by atoms with van der Waals surface area (Å²) in [5.74, 6) is 1.46. The molecule has 0 aliphatic rings. The monoisotopic (exact) mass is 309 g/mol. The van der Waals surface area contributed by atoms with E-state index in [-0.39, 0.29) is 5.91 Å². The molecule has 6 nitrogen and oxygen atoms in total. The van der Waals surface area contributed by atoms with Crippen LogP contribution in [-0.2, 0) is 0 Å². The van der Waals surface area contributed by atoms with Gasteiger partial charge in [0.05, 0.1) is 7.11 Å². The quantitative estimate of drug-likeness (QED) is 0.800. The molecule has 116 valence electrons. The van der Waals surface area contributed by atoms with E-state index in [0.717, 1.165) is 11.3 Å². The van der Waals surface area contributed by atoms with Crippen LogP contribution in [0.15, 0.2) is 53.1 Å². The van der Waals surface area contributed by atoms with Gasteiger partial charge in [-0.3, -0.25) is 4.79 Å². The molecule has 0 saturated carbocycles. The first-order chi connectivity index (χ1) is 11.2. The molecule has 2 aromatic carbocycles. The number of rotatable bonds is 4. The predicted molar refractivity (Wildman–Crippen MR) is 85.4 cm³/mol. The summed E-state index contributed by atoms with van der Waals surface area (Å²) in [6.45, 7) is 1.72. The molecule has 0 atom stereocenters. The van der Waals surface area contributed by atoms with Gasteiger partial charge in [0.15, 0.2) is 0 Å². The van der Waals surface area contributed by atoms with Gasteiger partial charge in [-0.05, 0) is 36.4 Å². The van der Waals surface area contributed by atoms with Gasteiger partial charge in [0.2, 0.25) is 11.7 Å². The van der Waals surface area contributed by atoms with E-state index in [9.17, 15) is 4.79 Å². The summed E-state index contributed by atoms with van der Waals surface area (Å²) in [4.78, 5) is 16.5. The van der Waals surface area contributed by atoms with E-state index in [2.05, 4.69) is 15.5 Å². The molecule has 0 saturated heterocycles. The van der Waals surface area contributed by atoms with Gasteiger partial charge in [-0.1, -0.05) is 17.3 Å². The number of hydrogen-bond acceptors (Lipinski definition) is 5. The van der Waals surface area contributed by atoms with Gasteiger partial charge < -0.3 is 14.6 Å². The molecule has 1 aromatic heterocycles. The number of nitrogens with one attached hydrogen (secondary N) is 1. The zero-order valence-electron chi connectivity index (χ0n) is 12.7. The predicted octanol–water partition coefficient (Wildman–Crippen LogP) is 3.31. The normalized spacial score (nSPS) is 10.3. The van der Waals surface area contributed by atoms with Gasteiger partial charge in [0.1, 0.15) is 5.75 Å². The van der Waals surface area contributed by atoms with Gasteiger partial charge >= 0.3 is 0 Å². The van der Waals surface area contributed by atoms with Crippen LogP contribution in [0.4, 0.5) is 5.69 Å². The molecular formula is C17H15N3O3. The maximum absolute atomic E-state index is 12.4. The van der Waals surface area contributed by atoms with Crippen molar-refractivity contribution in [3.05, 3.63) is 60.0 Å². The van der Waals surface area contributed by atoms with E-state index < -0.39 is 0 Å². The molecule has 6 heteroatoms. The summed E-state index contributed by atoms with van der Waals surface area (Å²) in [5, 5.41) is 6.69. The van der Waals surface area contributed by atoms with Crippen LogP contribution in [0.1, 0.15) is 16.2 Å². The molecule has 3 aromatic rings. The largest absolute Gasteiger partial charge is 0.497 e. The summed E-state index contributed by atoms with van der Waals surface area (Å²) in [5.41, 5.74) is 1.93. The Morgan fingerprint density at radius 2 is 1.96 bits per heavy atom. The molecule has 0 radical (unpaired) electrons. The SMILES string of the molecule is COc1ccc(NC(=O)c2cccc(-c3noc(C)n3)c2)cc1. The van der Waals surface area contributed by atoms with Crippen LogP contribution >= 0.6 is 0 Å². The highest BCUT2D eigenvalue weighted by atomic mass is 16.5. The molecule has 1 heterocycles. The summed E-state index contributed by atoms with van der Waals surface area (Å²) in [6.07, 6.45) is 0. The average molecular weight is 309 g/mol. The van der Waals surface area contributed by atoms with Crippen molar-refractivity contribution in [2.75, 3.05) is 12.4 Å². The fraction of sp³-hybridized carbons (Fsp3) is 0.118. The van der Waals surface area contributed by atoms with Crippen molar-refractivity contribution in [2.24, 2.45) is 0 Å². The van der Waals surface area contributed by atoms with Crippen molar-refractivity contribution in [1.82, 2.24) is 10.1 Å². The second-order valence-corrected chi connectivity index (χ2v) is 4.90. The zero-order valence-corrected chi connectivity index (χ0v) is 12.7. The number of anilines is 1. The van der Waals surface area contributed by atoms with Crippen LogP contribution in [0.5, 0.6) is 5.75 Å². The van der Waals surface area contributed by atoms with E-state index in [1.54, 1.807) is 56.5 Å². The smallest absolute Gasteiger partial charge is 0.255 e. The standard InChI is InChI=1S/C17H15N3O3/c1-11-18-16(20-23-11)12-4-3-5-13(10-12)17(21)19-14-6-8-15(22-2)9-7-14/h3-10H,1-2H3,(H,19,21). The Hall–Kier alpha value is -3.15.